The normalized spacial score (nSPS) is 19.8. The van der Waals surface area contributed by atoms with Crippen molar-refractivity contribution in [2.24, 2.45) is 5.92 Å². The first kappa shape index (κ1) is 20.5. The Balaban J connectivity index is 1.32. The van der Waals surface area contributed by atoms with E-state index < -0.39 is 5.97 Å². The Hall–Kier alpha value is -3.35. The van der Waals surface area contributed by atoms with Crippen LogP contribution < -0.4 is 0 Å². The fourth-order valence-corrected chi connectivity index (χ4v) is 5.01. The summed E-state index contributed by atoms with van der Waals surface area (Å²) >= 11 is 0. The number of nitrogens with zero attached hydrogens (tertiary/aromatic N) is 3. The molecule has 1 fully saturated rings. The number of aromatic amines is 1. The number of pyridine rings is 2. The number of halogens is 1. The van der Waals surface area contributed by atoms with Crippen LogP contribution in [0, 0.1) is 11.7 Å². The van der Waals surface area contributed by atoms with E-state index in [0.29, 0.717) is 11.8 Å². The molecule has 1 aromatic carbocycles. The standard InChI is InChI=1S/C25H25FN4O2/c1-14(24-29-21-12-22(25(31)32-2)28-13-23(21)30-24)15-3-5-16(6-4-15)18-9-10-27-20-8-7-17(26)11-19(18)20/h7-16H,3-6H2,1-2H3,(H,29,30)/t14?,15-,16+. The van der Waals surface area contributed by atoms with Gasteiger partial charge < -0.3 is 9.72 Å². The van der Waals surface area contributed by atoms with Gasteiger partial charge >= 0.3 is 5.97 Å². The van der Waals surface area contributed by atoms with Crippen LogP contribution in [0.1, 0.15) is 66.3 Å². The molecule has 1 aliphatic rings. The second-order valence-electron chi connectivity index (χ2n) is 8.66. The highest BCUT2D eigenvalue weighted by Gasteiger charge is 2.29. The molecular weight excluding hydrogens is 407 g/mol. The van der Waals surface area contributed by atoms with Crippen LogP contribution in [0.3, 0.4) is 0 Å². The van der Waals surface area contributed by atoms with E-state index in [2.05, 4.69) is 21.9 Å². The molecule has 1 atom stereocenters. The van der Waals surface area contributed by atoms with E-state index in [1.165, 1.54) is 18.7 Å². The molecule has 5 rings (SSSR count). The minimum Gasteiger partial charge on any atom is -0.464 e. The number of carbonyl (C=O) groups excluding carboxylic acids is 1. The van der Waals surface area contributed by atoms with Gasteiger partial charge in [-0.1, -0.05) is 6.92 Å². The molecule has 0 radical (unpaired) electrons. The molecule has 1 N–H and O–H groups in total. The molecule has 0 amide bonds. The lowest BCUT2D eigenvalue weighted by molar-refractivity contribution is 0.0594. The Morgan fingerprint density at radius 3 is 2.72 bits per heavy atom. The van der Waals surface area contributed by atoms with Crippen LogP contribution in [0.4, 0.5) is 4.39 Å². The molecule has 1 aliphatic carbocycles. The van der Waals surface area contributed by atoms with E-state index >= 15 is 0 Å². The molecule has 3 aromatic heterocycles. The number of aromatic nitrogens is 4. The lowest BCUT2D eigenvalue weighted by atomic mass is 9.73. The van der Waals surface area contributed by atoms with Crippen LogP contribution in [-0.4, -0.2) is 33.0 Å². The third-order valence-electron chi connectivity index (χ3n) is 6.87. The van der Waals surface area contributed by atoms with E-state index in [0.717, 1.165) is 53.4 Å². The van der Waals surface area contributed by atoms with Crippen LogP contribution in [0.25, 0.3) is 21.9 Å². The largest absolute Gasteiger partial charge is 0.464 e. The van der Waals surface area contributed by atoms with Crippen molar-refractivity contribution in [3.63, 3.8) is 0 Å². The van der Waals surface area contributed by atoms with Gasteiger partial charge in [-0.2, -0.15) is 0 Å². The molecule has 0 saturated heterocycles. The Morgan fingerprint density at radius 2 is 1.94 bits per heavy atom. The maximum absolute atomic E-state index is 13.8. The molecule has 3 heterocycles. The number of benzene rings is 1. The molecular formula is C25H25FN4O2. The van der Waals surface area contributed by atoms with E-state index in [1.54, 1.807) is 24.4 Å². The van der Waals surface area contributed by atoms with Gasteiger partial charge in [0.1, 0.15) is 17.2 Å². The number of fused-ring (bicyclic) bond motifs is 2. The summed E-state index contributed by atoms with van der Waals surface area (Å²) in [5, 5.41) is 0.926. The van der Waals surface area contributed by atoms with Gasteiger partial charge in [0.2, 0.25) is 0 Å². The number of hydrogen-bond acceptors (Lipinski definition) is 5. The number of imidazole rings is 1. The predicted molar refractivity (Wildman–Crippen MR) is 120 cm³/mol. The number of esters is 1. The van der Waals surface area contributed by atoms with Crippen molar-refractivity contribution in [3.8, 4) is 0 Å². The van der Waals surface area contributed by atoms with Gasteiger partial charge in [-0.25, -0.2) is 19.2 Å². The van der Waals surface area contributed by atoms with Crippen molar-refractivity contribution in [1.29, 1.82) is 0 Å². The van der Waals surface area contributed by atoms with Crippen molar-refractivity contribution in [2.75, 3.05) is 7.11 Å². The second kappa shape index (κ2) is 8.30. The van der Waals surface area contributed by atoms with Crippen LogP contribution in [0.2, 0.25) is 0 Å². The van der Waals surface area contributed by atoms with Crippen LogP contribution in [-0.2, 0) is 4.74 Å². The Kier molecular flexibility index (Phi) is 5.33. The lowest BCUT2D eigenvalue weighted by Gasteiger charge is -2.32. The van der Waals surface area contributed by atoms with Crippen molar-refractivity contribution in [3.05, 3.63) is 65.6 Å². The summed E-state index contributed by atoms with van der Waals surface area (Å²) in [6.07, 6.45) is 7.70. The summed E-state index contributed by atoms with van der Waals surface area (Å²) in [5.41, 5.74) is 3.86. The average Bonchev–Trinajstić information content (AvgIpc) is 3.26. The van der Waals surface area contributed by atoms with Crippen molar-refractivity contribution >= 4 is 27.9 Å². The van der Waals surface area contributed by atoms with E-state index in [-0.39, 0.29) is 17.4 Å². The van der Waals surface area contributed by atoms with E-state index in [9.17, 15) is 9.18 Å². The number of methoxy groups -OCH3 is 1. The first-order valence-electron chi connectivity index (χ1n) is 11.0. The van der Waals surface area contributed by atoms with Crippen LogP contribution >= 0.6 is 0 Å². The van der Waals surface area contributed by atoms with Gasteiger partial charge in [-0.3, -0.25) is 4.98 Å². The third-order valence-corrected chi connectivity index (χ3v) is 6.87. The van der Waals surface area contributed by atoms with Gasteiger partial charge in [0.05, 0.1) is 24.3 Å². The summed E-state index contributed by atoms with van der Waals surface area (Å²) in [4.78, 5) is 28.4. The first-order chi connectivity index (χ1) is 15.5. The molecule has 6 nitrogen and oxygen atoms in total. The first-order valence-corrected chi connectivity index (χ1v) is 11.0. The monoisotopic (exact) mass is 432 g/mol. The summed E-state index contributed by atoms with van der Waals surface area (Å²) < 4.78 is 18.6. The molecule has 32 heavy (non-hydrogen) atoms. The SMILES string of the molecule is COC(=O)c1cc2[nH]c(C(C)[C@H]3CC[C@@H](c4ccnc5ccc(F)cc54)CC3)nc2cn1. The highest BCUT2D eigenvalue weighted by molar-refractivity contribution is 5.91. The summed E-state index contributed by atoms with van der Waals surface area (Å²) in [7, 11) is 1.34. The van der Waals surface area contributed by atoms with Gasteiger partial charge in [-0.15, -0.1) is 0 Å². The second-order valence-corrected chi connectivity index (χ2v) is 8.66. The third kappa shape index (κ3) is 3.72. The van der Waals surface area contributed by atoms with Crippen molar-refractivity contribution < 1.29 is 13.9 Å². The topological polar surface area (TPSA) is 80.8 Å². The molecule has 0 aliphatic heterocycles. The van der Waals surface area contributed by atoms with E-state index in [1.807, 2.05) is 12.3 Å². The fourth-order valence-electron chi connectivity index (χ4n) is 5.01. The molecule has 0 spiro atoms. The fraction of sp³-hybridized carbons (Fsp3) is 0.360. The molecule has 7 heteroatoms. The summed E-state index contributed by atoms with van der Waals surface area (Å²) in [6.45, 7) is 2.20. The minimum atomic E-state index is -0.460. The maximum Gasteiger partial charge on any atom is 0.356 e. The van der Waals surface area contributed by atoms with Gasteiger partial charge in [0.25, 0.3) is 0 Å². The number of nitrogens with one attached hydrogen (secondary N) is 1. The van der Waals surface area contributed by atoms with Gasteiger partial charge in [0, 0.05) is 17.5 Å². The Bertz CT molecular complexity index is 1290. The summed E-state index contributed by atoms with van der Waals surface area (Å²) in [5.74, 6) is 1.42. The molecule has 164 valence electrons. The zero-order valence-corrected chi connectivity index (χ0v) is 18.1. The number of rotatable bonds is 4. The number of hydrogen-bond donors (Lipinski definition) is 1. The van der Waals surface area contributed by atoms with E-state index in [4.69, 9.17) is 9.72 Å². The number of H-pyrrole nitrogens is 1. The molecule has 1 saturated carbocycles. The van der Waals surface area contributed by atoms with Gasteiger partial charge in [0.15, 0.2) is 5.69 Å². The zero-order valence-electron chi connectivity index (χ0n) is 18.1. The lowest BCUT2D eigenvalue weighted by Crippen LogP contribution is -2.19. The zero-order chi connectivity index (χ0) is 22.2. The number of carbonyl (C=O) groups is 1. The quantitative estimate of drug-likeness (QED) is 0.430. The highest BCUT2D eigenvalue weighted by atomic mass is 19.1. The maximum atomic E-state index is 13.8. The summed E-state index contributed by atoms with van der Waals surface area (Å²) in [6, 6.07) is 8.56. The average molecular weight is 432 g/mol. The van der Waals surface area contributed by atoms with Crippen molar-refractivity contribution in [2.45, 2.75) is 44.4 Å². The van der Waals surface area contributed by atoms with Gasteiger partial charge in [-0.05, 0) is 73.4 Å². The van der Waals surface area contributed by atoms with Crippen LogP contribution in [0.5, 0.6) is 0 Å². The van der Waals surface area contributed by atoms with Crippen LogP contribution in [0.15, 0.2) is 42.7 Å². The molecule has 1 unspecified atom stereocenters. The number of ether oxygens (including phenoxy) is 1. The molecule has 4 aromatic rings. The highest BCUT2D eigenvalue weighted by Crippen LogP contribution is 2.42. The van der Waals surface area contributed by atoms with Crippen molar-refractivity contribution in [1.82, 2.24) is 19.9 Å². The Morgan fingerprint density at radius 1 is 1.12 bits per heavy atom. The minimum absolute atomic E-state index is 0.219. The smallest absolute Gasteiger partial charge is 0.356 e. The molecule has 0 bridgehead atoms. The predicted octanol–water partition coefficient (Wildman–Crippen LogP) is 5.51. The Labute approximate surface area is 185 Å².